The predicted molar refractivity (Wildman–Crippen MR) is 102 cm³/mol. The van der Waals surface area contributed by atoms with Gasteiger partial charge in [-0.1, -0.05) is 23.7 Å². The number of carbonyl (C=O) groups is 1. The van der Waals surface area contributed by atoms with Crippen molar-refractivity contribution in [3.05, 3.63) is 64.9 Å². The van der Waals surface area contributed by atoms with Gasteiger partial charge in [-0.15, -0.1) is 0 Å². The Morgan fingerprint density at radius 2 is 1.96 bits per heavy atom. The number of rotatable bonds is 9. The fraction of sp³-hybridized carbons (Fsp3) is 0.350. The third kappa shape index (κ3) is 6.65. The zero-order valence-electron chi connectivity index (χ0n) is 15.0. The van der Waals surface area contributed by atoms with Crippen molar-refractivity contribution in [3.8, 4) is 5.75 Å². The molecule has 0 radical (unpaired) electrons. The van der Waals surface area contributed by atoms with Crippen molar-refractivity contribution in [1.29, 1.82) is 0 Å². The van der Waals surface area contributed by atoms with Crippen molar-refractivity contribution in [2.24, 2.45) is 0 Å². The summed E-state index contributed by atoms with van der Waals surface area (Å²) in [5.41, 5.74) is 0.835. The Kier molecular flexibility index (Phi) is 7.88. The second-order valence-electron chi connectivity index (χ2n) is 6.24. The number of hydrogen-bond acceptors (Lipinski definition) is 3. The number of nitrogens with zero attached hydrogens (tertiary/aromatic N) is 1. The Morgan fingerprint density at radius 1 is 1.23 bits per heavy atom. The molecule has 1 amide bonds. The van der Waals surface area contributed by atoms with Gasteiger partial charge in [-0.3, -0.25) is 4.79 Å². The highest BCUT2D eigenvalue weighted by molar-refractivity contribution is 6.30. The minimum atomic E-state index is -0.278. The van der Waals surface area contributed by atoms with Gasteiger partial charge in [0.15, 0.2) is 0 Å². The molecule has 0 aliphatic carbocycles. The molecule has 0 saturated heterocycles. The first-order chi connectivity index (χ1) is 12.5. The maximum atomic E-state index is 13.4. The lowest BCUT2D eigenvalue weighted by Crippen LogP contribution is -2.34. The average Bonchev–Trinajstić information content (AvgIpc) is 2.60. The predicted octanol–water partition coefficient (Wildman–Crippen LogP) is 4.06. The van der Waals surface area contributed by atoms with Crippen LogP contribution in [0.2, 0.25) is 5.02 Å². The molecule has 0 saturated carbocycles. The van der Waals surface area contributed by atoms with E-state index < -0.39 is 0 Å². The minimum Gasteiger partial charge on any atom is -0.494 e. The number of amides is 1. The largest absolute Gasteiger partial charge is 0.494 e. The molecule has 0 fully saturated rings. The Bertz CT molecular complexity index is 707. The van der Waals surface area contributed by atoms with Crippen molar-refractivity contribution in [2.45, 2.75) is 18.9 Å². The van der Waals surface area contributed by atoms with Gasteiger partial charge in [-0.05, 0) is 62.5 Å². The van der Waals surface area contributed by atoms with E-state index in [2.05, 4.69) is 5.32 Å². The fourth-order valence-corrected chi connectivity index (χ4v) is 2.69. The summed E-state index contributed by atoms with van der Waals surface area (Å²) in [5, 5.41) is 3.57. The molecule has 2 rings (SSSR count). The smallest absolute Gasteiger partial charge is 0.220 e. The molecule has 0 spiro atoms. The normalized spacial score (nSPS) is 12.0. The standard InChI is InChI=1S/C20H24ClFN2O2/c1-24(2)19(15-5-3-6-17(22)13-15)14-23-20(25)7-4-12-26-18-10-8-16(21)9-11-18/h3,5-6,8-11,13,19H,4,7,12,14H2,1-2H3,(H,23,25). The summed E-state index contributed by atoms with van der Waals surface area (Å²) < 4.78 is 19.0. The van der Waals surface area contributed by atoms with Crippen LogP contribution in [0.3, 0.4) is 0 Å². The lowest BCUT2D eigenvalue weighted by Gasteiger charge is -2.25. The zero-order valence-corrected chi connectivity index (χ0v) is 15.8. The van der Waals surface area contributed by atoms with Gasteiger partial charge in [0.2, 0.25) is 5.91 Å². The molecule has 140 valence electrons. The van der Waals surface area contributed by atoms with Crippen LogP contribution >= 0.6 is 11.6 Å². The van der Waals surface area contributed by atoms with Crippen LogP contribution in [0.5, 0.6) is 5.75 Å². The van der Waals surface area contributed by atoms with Gasteiger partial charge in [-0.25, -0.2) is 4.39 Å². The first-order valence-corrected chi connectivity index (χ1v) is 8.90. The maximum absolute atomic E-state index is 13.4. The molecule has 26 heavy (non-hydrogen) atoms. The Morgan fingerprint density at radius 3 is 2.62 bits per heavy atom. The van der Waals surface area contributed by atoms with E-state index >= 15 is 0 Å². The lowest BCUT2D eigenvalue weighted by molar-refractivity contribution is -0.121. The number of carbonyl (C=O) groups excluding carboxylic acids is 1. The second-order valence-corrected chi connectivity index (χ2v) is 6.68. The molecule has 4 nitrogen and oxygen atoms in total. The molecule has 0 heterocycles. The van der Waals surface area contributed by atoms with Crippen molar-refractivity contribution < 1.29 is 13.9 Å². The van der Waals surface area contributed by atoms with E-state index in [0.29, 0.717) is 31.0 Å². The Hall–Kier alpha value is -2.11. The lowest BCUT2D eigenvalue weighted by atomic mass is 10.1. The summed E-state index contributed by atoms with van der Waals surface area (Å²) in [5.74, 6) is 0.404. The highest BCUT2D eigenvalue weighted by Gasteiger charge is 2.15. The monoisotopic (exact) mass is 378 g/mol. The number of likely N-dealkylation sites (N-methyl/N-ethyl adjacent to an activating group) is 1. The molecular weight excluding hydrogens is 355 g/mol. The highest BCUT2D eigenvalue weighted by Crippen LogP contribution is 2.18. The third-order valence-corrected chi connectivity index (χ3v) is 4.23. The number of nitrogens with one attached hydrogen (secondary N) is 1. The summed E-state index contributed by atoms with van der Waals surface area (Å²) in [6.45, 7) is 0.878. The average molecular weight is 379 g/mol. The van der Waals surface area contributed by atoms with Crippen LogP contribution in [0, 0.1) is 5.82 Å². The molecule has 0 aliphatic heterocycles. The maximum Gasteiger partial charge on any atom is 0.220 e. The summed E-state index contributed by atoms with van der Waals surface area (Å²) >= 11 is 5.82. The summed E-state index contributed by atoms with van der Waals surface area (Å²) in [4.78, 5) is 14.0. The van der Waals surface area contributed by atoms with E-state index in [1.807, 2.05) is 25.1 Å². The fourth-order valence-electron chi connectivity index (χ4n) is 2.56. The molecule has 0 aromatic heterocycles. The molecule has 1 atom stereocenters. The molecule has 0 aliphatic rings. The molecule has 1 N–H and O–H groups in total. The van der Waals surface area contributed by atoms with Crippen LogP contribution in [0.25, 0.3) is 0 Å². The van der Waals surface area contributed by atoms with Gasteiger partial charge in [-0.2, -0.15) is 0 Å². The Labute approximate surface area is 158 Å². The molecule has 6 heteroatoms. The van der Waals surface area contributed by atoms with E-state index in [9.17, 15) is 9.18 Å². The van der Waals surface area contributed by atoms with Crippen LogP contribution in [-0.2, 0) is 4.79 Å². The number of hydrogen-bond donors (Lipinski definition) is 1. The van der Waals surface area contributed by atoms with E-state index in [1.54, 1.807) is 30.3 Å². The molecule has 1 unspecified atom stereocenters. The highest BCUT2D eigenvalue weighted by atomic mass is 35.5. The Balaban J connectivity index is 1.73. The molecule has 2 aromatic rings. The first-order valence-electron chi connectivity index (χ1n) is 8.52. The van der Waals surface area contributed by atoms with Gasteiger partial charge in [0.05, 0.1) is 12.6 Å². The van der Waals surface area contributed by atoms with E-state index in [4.69, 9.17) is 16.3 Å². The minimum absolute atomic E-state index is 0.0482. The van der Waals surface area contributed by atoms with Crippen LogP contribution in [0.4, 0.5) is 4.39 Å². The van der Waals surface area contributed by atoms with Crippen molar-refractivity contribution in [2.75, 3.05) is 27.2 Å². The van der Waals surface area contributed by atoms with E-state index in [0.717, 1.165) is 11.3 Å². The topological polar surface area (TPSA) is 41.6 Å². The molecule has 0 bridgehead atoms. The van der Waals surface area contributed by atoms with Gasteiger partial charge >= 0.3 is 0 Å². The van der Waals surface area contributed by atoms with Gasteiger partial charge in [0.25, 0.3) is 0 Å². The van der Waals surface area contributed by atoms with Crippen molar-refractivity contribution >= 4 is 17.5 Å². The summed E-state index contributed by atoms with van der Waals surface area (Å²) in [6, 6.07) is 13.5. The number of benzene rings is 2. The van der Waals surface area contributed by atoms with Crippen molar-refractivity contribution in [3.63, 3.8) is 0 Å². The SMILES string of the molecule is CN(C)C(CNC(=O)CCCOc1ccc(Cl)cc1)c1cccc(F)c1. The van der Waals surface area contributed by atoms with E-state index in [1.165, 1.54) is 12.1 Å². The molecule has 2 aromatic carbocycles. The second kappa shape index (κ2) is 10.1. The van der Waals surface area contributed by atoms with Crippen LogP contribution in [0.1, 0.15) is 24.4 Å². The zero-order chi connectivity index (χ0) is 18.9. The third-order valence-electron chi connectivity index (χ3n) is 3.98. The van der Waals surface area contributed by atoms with Crippen molar-refractivity contribution in [1.82, 2.24) is 10.2 Å². The van der Waals surface area contributed by atoms with Crippen LogP contribution < -0.4 is 10.1 Å². The van der Waals surface area contributed by atoms with Gasteiger partial charge in [0.1, 0.15) is 11.6 Å². The van der Waals surface area contributed by atoms with Crippen LogP contribution in [-0.4, -0.2) is 38.1 Å². The molecular formula is C20H24ClFN2O2. The summed E-state index contributed by atoms with van der Waals surface area (Å²) in [7, 11) is 3.81. The number of halogens is 2. The number of ether oxygens (including phenoxy) is 1. The quantitative estimate of drug-likeness (QED) is 0.669. The van der Waals surface area contributed by atoms with Gasteiger partial charge in [0, 0.05) is 18.0 Å². The van der Waals surface area contributed by atoms with Gasteiger partial charge < -0.3 is 15.0 Å². The van der Waals surface area contributed by atoms with E-state index in [-0.39, 0.29) is 17.8 Å². The first kappa shape index (κ1) is 20.2. The van der Waals surface area contributed by atoms with Crippen LogP contribution in [0.15, 0.2) is 48.5 Å². The summed E-state index contributed by atoms with van der Waals surface area (Å²) in [6.07, 6.45) is 0.984.